The summed E-state index contributed by atoms with van der Waals surface area (Å²) in [5.74, 6) is 0.739. The van der Waals surface area contributed by atoms with E-state index in [4.69, 9.17) is 4.74 Å². The van der Waals surface area contributed by atoms with Gasteiger partial charge in [-0.1, -0.05) is 6.42 Å². The highest BCUT2D eigenvalue weighted by Crippen LogP contribution is 2.28. The van der Waals surface area contributed by atoms with Gasteiger partial charge in [-0.25, -0.2) is 0 Å². The molecular formula is C13H18BrClN2O2. The number of carbonyl (C=O) groups excluding carboxylic acids is 1. The van der Waals surface area contributed by atoms with Gasteiger partial charge in [-0.3, -0.25) is 4.79 Å². The summed E-state index contributed by atoms with van der Waals surface area (Å²) in [4.78, 5) is 12.0. The molecule has 2 rings (SSSR count). The maximum Gasteiger partial charge on any atom is 0.241 e. The van der Waals surface area contributed by atoms with Gasteiger partial charge in [0.25, 0.3) is 0 Å². The van der Waals surface area contributed by atoms with E-state index in [1.807, 2.05) is 18.2 Å². The lowest BCUT2D eigenvalue weighted by atomic mass is 10.0. The number of hydrogen-bond donors (Lipinski definition) is 2. The van der Waals surface area contributed by atoms with Gasteiger partial charge in [0.15, 0.2) is 0 Å². The number of hydrogen-bond acceptors (Lipinski definition) is 3. The molecule has 4 nitrogen and oxygen atoms in total. The number of rotatable bonds is 3. The van der Waals surface area contributed by atoms with Crippen LogP contribution < -0.4 is 15.4 Å². The average Bonchev–Trinajstić information content (AvgIpc) is 2.42. The minimum Gasteiger partial charge on any atom is -0.495 e. The standard InChI is InChI=1S/C13H17BrN2O2.ClH/c1-18-12-8-9(5-6-10(12)14)16-13(17)11-4-2-3-7-15-11;/h5-6,8,11,15H,2-4,7H2,1H3,(H,16,17);1H. The Bertz CT molecular complexity index is 437. The first-order valence-electron chi connectivity index (χ1n) is 6.08. The predicted octanol–water partition coefficient (Wildman–Crippen LogP) is 2.96. The smallest absolute Gasteiger partial charge is 0.241 e. The number of carbonyl (C=O) groups is 1. The van der Waals surface area contributed by atoms with Crippen molar-refractivity contribution in [3.05, 3.63) is 22.7 Å². The lowest BCUT2D eigenvalue weighted by molar-refractivity contribution is -0.118. The average molecular weight is 350 g/mol. The highest BCUT2D eigenvalue weighted by molar-refractivity contribution is 9.10. The quantitative estimate of drug-likeness (QED) is 0.882. The van der Waals surface area contributed by atoms with Crippen molar-refractivity contribution in [3.63, 3.8) is 0 Å². The molecule has 106 valence electrons. The zero-order valence-corrected chi connectivity index (χ0v) is 13.1. The number of halogens is 2. The van der Waals surface area contributed by atoms with Crippen LogP contribution in [0, 0.1) is 0 Å². The Hall–Kier alpha value is -0.780. The molecule has 1 fully saturated rings. The SMILES string of the molecule is COc1cc(NC(=O)C2CCCCN2)ccc1Br.Cl. The Balaban J connectivity index is 0.00000180. The van der Waals surface area contributed by atoms with Gasteiger partial charge in [-0.2, -0.15) is 0 Å². The van der Waals surface area contributed by atoms with Crippen molar-refractivity contribution < 1.29 is 9.53 Å². The number of benzene rings is 1. The number of anilines is 1. The maximum absolute atomic E-state index is 12.0. The molecule has 1 saturated heterocycles. The van der Waals surface area contributed by atoms with Crippen LogP contribution in [0.4, 0.5) is 5.69 Å². The summed E-state index contributed by atoms with van der Waals surface area (Å²) < 4.78 is 6.07. The van der Waals surface area contributed by atoms with Gasteiger partial charge in [0, 0.05) is 11.8 Å². The third kappa shape index (κ3) is 4.37. The number of piperidine rings is 1. The van der Waals surface area contributed by atoms with Gasteiger partial charge in [0.05, 0.1) is 17.6 Å². The van der Waals surface area contributed by atoms with E-state index in [-0.39, 0.29) is 24.4 Å². The van der Waals surface area contributed by atoms with Crippen molar-refractivity contribution in [2.75, 3.05) is 19.0 Å². The number of methoxy groups -OCH3 is 1. The van der Waals surface area contributed by atoms with Crippen LogP contribution >= 0.6 is 28.3 Å². The molecule has 1 aromatic rings. The Morgan fingerprint density at radius 2 is 2.26 bits per heavy atom. The summed E-state index contributed by atoms with van der Waals surface area (Å²) in [5, 5.41) is 6.14. The van der Waals surface area contributed by atoms with Crippen molar-refractivity contribution in [3.8, 4) is 5.75 Å². The molecule has 1 unspecified atom stereocenters. The first-order chi connectivity index (χ1) is 8.70. The van der Waals surface area contributed by atoms with Crippen LogP contribution in [0.3, 0.4) is 0 Å². The second-order valence-electron chi connectivity index (χ2n) is 4.34. The molecule has 1 aromatic carbocycles. The van der Waals surface area contributed by atoms with Crippen LogP contribution in [0.15, 0.2) is 22.7 Å². The summed E-state index contributed by atoms with van der Waals surface area (Å²) in [6.45, 7) is 0.918. The van der Waals surface area contributed by atoms with Crippen LogP contribution in [0.2, 0.25) is 0 Å². The van der Waals surface area contributed by atoms with Gasteiger partial charge in [0.1, 0.15) is 5.75 Å². The molecule has 1 aliphatic heterocycles. The molecule has 0 spiro atoms. The highest BCUT2D eigenvalue weighted by Gasteiger charge is 2.20. The lowest BCUT2D eigenvalue weighted by Gasteiger charge is -2.22. The third-order valence-electron chi connectivity index (χ3n) is 3.05. The molecule has 6 heteroatoms. The van der Waals surface area contributed by atoms with Gasteiger partial charge in [0.2, 0.25) is 5.91 Å². The third-order valence-corrected chi connectivity index (χ3v) is 3.70. The summed E-state index contributed by atoms with van der Waals surface area (Å²) in [5.41, 5.74) is 0.757. The van der Waals surface area contributed by atoms with Gasteiger partial charge < -0.3 is 15.4 Å². The molecule has 0 aliphatic carbocycles. The van der Waals surface area contributed by atoms with Gasteiger partial charge in [-0.05, 0) is 47.4 Å². The normalized spacial score (nSPS) is 18.3. The van der Waals surface area contributed by atoms with E-state index in [1.54, 1.807) is 7.11 Å². The fourth-order valence-electron chi connectivity index (χ4n) is 2.04. The van der Waals surface area contributed by atoms with E-state index in [1.165, 1.54) is 0 Å². The maximum atomic E-state index is 12.0. The molecule has 1 amide bonds. The summed E-state index contributed by atoms with van der Waals surface area (Å²) in [7, 11) is 1.61. The largest absolute Gasteiger partial charge is 0.495 e. The van der Waals surface area contributed by atoms with E-state index < -0.39 is 0 Å². The van der Waals surface area contributed by atoms with E-state index in [9.17, 15) is 4.79 Å². The van der Waals surface area contributed by atoms with Crippen molar-refractivity contribution >= 4 is 39.9 Å². The van der Waals surface area contributed by atoms with Crippen molar-refractivity contribution in [2.45, 2.75) is 25.3 Å². The Morgan fingerprint density at radius 1 is 1.47 bits per heavy atom. The van der Waals surface area contributed by atoms with E-state index in [0.29, 0.717) is 5.75 Å². The monoisotopic (exact) mass is 348 g/mol. The van der Waals surface area contributed by atoms with Crippen molar-refractivity contribution in [2.24, 2.45) is 0 Å². The fraction of sp³-hybridized carbons (Fsp3) is 0.462. The van der Waals surface area contributed by atoms with Crippen LogP contribution in [-0.2, 0) is 4.79 Å². The van der Waals surface area contributed by atoms with Crippen LogP contribution in [-0.4, -0.2) is 25.6 Å². The predicted molar refractivity (Wildman–Crippen MR) is 82.2 cm³/mol. The van der Waals surface area contributed by atoms with Crippen LogP contribution in [0.25, 0.3) is 0 Å². The first-order valence-corrected chi connectivity index (χ1v) is 6.88. The molecule has 1 aliphatic rings. The molecule has 0 aromatic heterocycles. The van der Waals surface area contributed by atoms with Gasteiger partial charge >= 0.3 is 0 Å². The fourth-order valence-corrected chi connectivity index (χ4v) is 2.45. The topological polar surface area (TPSA) is 50.4 Å². The number of amides is 1. The summed E-state index contributed by atoms with van der Waals surface area (Å²) in [6.07, 6.45) is 3.16. The molecule has 0 saturated carbocycles. The Labute approximate surface area is 127 Å². The highest BCUT2D eigenvalue weighted by atomic mass is 79.9. The second-order valence-corrected chi connectivity index (χ2v) is 5.20. The summed E-state index contributed by atoms with van der Waals surface area (Å²) >= 11 is 3.38. The Kier molecular flexibility index (Phi) is 6.62. The van der Waals surface area contributed by atoms with Crippen molar-refractivity contribution in [1.29, 1.82) is 0 Å². The van der Waals surface area contributed by atoms with E-state index >= 15 is 0 Å². The zero-order valence-electron chi connectivity index (χ0n) is 10.7. The molecule has 2 N–H and O–H groups in total. The minimum atomic E-state index is -0.0756. The zero-order chi connectivity index (χ0) is 13.0. The molecule has 0 bridgehead atoms. The molecule has 1 atom stereocenters. The van der Waals surface area contributed by atoms with E-state index in [2.05, 4.69) is 26.6 Å². The summed E-state index contributed by atoms with van der Waals surface area (Å²) in [6, 6.07) is 5.45. The molecule has 0 radical (unpaired) electrons. The first kappa shape index (κ1) is 16.3. The van der Waals surface area contributed by atoms with Gasteiger partial charge in [-0.15, -0.1) is 12.4 Å². The number of ether oxygens (including phenoxy) is 1. The van der Waals surface area contributed by atoms with Crippen LogP contribution in [0.5, 0.6) is 5.75 Å². The second kappa shape index (κ2) is 7.72. The Morgan fingerprint density at radius 3 is 2.89 bits per heavy atom. The molecule has 19 heavy (non-hydrogen) atoms. The lowest BCUT2D eigenvalue weighted by Crippen LogP contribution is -2.43. The van der Waals surface area contributed by atoms with Crippen molar-refractivity contribution in [1.82, 2.24) is 5.32 Å². The minimum absolute atomic E-state index is 0. The van der Waals surface area contributed by atoms with Crippen LogP contribution in [0.1, 0.15) is 19.3 Å². The molecule has 1 heterocycles. The molecular weight excluding hydrogens is 332 g/mol. The van der Waals surface area contributed by atoms with E-state index in [0.717, 1.165) is 36.0 Å². The number of nitrogens with one attached hydrogen (secondary N) is 2.